The van der Waals surface area contributed by atoms with Gasteiger partial charge in [-0.2, -0.15) is 0 Å². The molecule has 20 heavy (non-hydrogen) atoms. The number of hydrogen-bond donors (Lipinski definition) is 2. The molecule has 1 aromatic rings. The van der Waals surface area contributed by atoms with Crippen molar-refractivity contribution in [3.8, 4) is 0 Å². The van der Waals surface area contributed by atoms with Gasteiger partial charge in [0, 0.05) is 23.2 Å². The molecule has 0 aromatic heterocycles. The van der Waals surface area contributed by atoms with E-state index in [0.717, 1.165) is 18.0 Å². The first kappa shape index (κ1) is 15.3. The van der Waals surface area contributed by atoms with Crippen molar-refractivity contribution in [2.45, 2.75) is 51.6 Å². The topological polar surface area (TPSA) is 55.1 Å². The number of carbonyl (C=O) groups excluding carboxylic acids is 1. The molecule has 0 spiro atoms. The highest BCUT2D eigenvalue weighted by Gasteiger charge is 2.16. The van der Waals surface area contributed by atoms with E-state index >= 15 is 0 Å². The van der Waals surface area contributed by atoms with Crippen LogP contribution in [-0.2, 0) is 6.54 Å². The Balaban J connectivity index is 1.92. The number of carbonyl (C=O) groups is 1. The van der Waals surface area contributed by atoms with Gasteiger partial charge in [0.15, 0.2) is 0 Å². The first-order valence-electron chi connectivity index (χ1n) is 7.38. The lowest BCUT2D eigenvalue weighted by atomic mass is 10.0. The monoisotopic (exact) mass is 294 g/mol. The molecule has 0 bridgehead atoms. The van der Waals surface area contributed by atoms with Gasteiger partial charge in [-0.3, -0.25) is 4.79 Å². The third-order valence-corrected chi connectivity index (χ3v) is 4.53. The molecule has 1 fully saturated rings. The third kappa shape index (κ3) is 4.22. The maximum Gasteiger partial charge on any atom is 0.248 e. The Morgan fingerprint density at radius 1 is 1.35 bits per heavy atom. The van der Waals surface area contributed by atoms with Crippen molar-refractivity contribution >= 4 is 17.5 Å². The molecule has 4 heteroatoms. The second-order valence-electron chi connectivity index (χ2n) is 5.86. The van der Waals surface area contributed by atoms with Crippen LogP contribution in [0.3, 0.4) is 0 Å². The Morgan fingerprint density at radius 3 is 2.85 bits per heavy atom. The van der Waals surface area contributed by atoms with Gasteiger partial charge in [0.25, 0.3) is 0 Å². The molecular formula is C16H23ClN2O. The zero-order valence-corrected chi connectivity index (χ0v) is 12.7. The summed E-state index contributed by atoms with van der Waals surface area (Å²) in [7, 11) is 0. The average molecular weight is 295 g/mol. The number of hydrogen-bond acceptors (Lipinski definition) is 2. The Morgan fingerprint density at radius 2 is 2.15 bits per heavy atom. The number of benzene rings is 1. The van der Waals surface area contributed by atoms with Crippen LogP contribution in [0.1, 0.15) is 54.9 Å². The lowest BCUT2D eigenvalue weighted by Gasteiger charge is -2.17. The van der Waals surface area contributed by atoms with Gasteiger partial charge >= 0.3 is 0 Å². The zero-order valence-electron chi connectivity index (χ0n) is 12.0. The fraction of sp³-hybridized carbons (Fsp3) is 0.562. The summed E-state index contributed by atoms with van der Waals surface area (Å²) in [5.41, 5.74) is 6.72. The van der Waals surface area contributed by atoms with E-state index in [4.69, 9.17) is 17.3 Å². The molecule has 0 aliphatic heterocycles. The SMILES string of the molecule is CC1CCCC(NCc2ccc(C(N)=O)cc2Cl)CC1. The van der Waals surface area contributed by atoms with Gasteiger partial charge in [0.2, 0.25) is 5.91 Å². The third-order valence-electron chi connectivity index (χ3n) is 4.18. The first-order chi connectivity index (χ1) is 9.56. The molecule has 0 saturated heterocycles. The van der Waals surface area contributed by atoms with Crippen LogP contribution in [0.5, 0.6) is 0 Å². The van der Waals surface area contributed by atoms with Gasteiger partial charge in [-0.15, -0.1) is 0 Å². The summed E-state index contributed by atoms with van der Waals surface area (Å²) in [5.74, 6) is 0.407. The first-order valence-corrected chi connectivity index (χ1v) is 7.75. The highest BCUT2D eigenvalue weighted by molar-refractivity contribution is 6.31. The predicted octanol–water partition coefficient (Wildman–Crippen LogP) is 3.50. The molecule has 1 aromatic carbocycles. The van der Waals surface area contributed by atoms with E-state index in [0.29, 0.717) is 16.6 Å². The molecule has 1 aliphatic carbocycles. The Labute approximate surface area is 125 Å². The highest BCUT2D eigenvalue weighted by atomic mass is 35.5. The maximum atomic E-state index is 11.1. The van der Waals surface area contributed by atoms with Gasteiger partial charge in [-0.1, -0.05) is 37.4 Å². The van der Waals surface area contributed by atoms with E-state index in [9.17, 15) is 4.79 Å². The minimum atomic E-state index is -0.441. The number of nitrogens with two attached hydrogens (primary N) is 1. The van der Waals surface area contributed by atoms with Crippen molar-refractivity contribution < 1.29 is 4.79 Å². The molecule has 3 N–H and O–H groups in total. The largest absolute Gasteiger partial charge is 0.366 e. The van der Waals surface area contributed by atoms with Crippen molar-refractivity contribution in [2.24, 2.45) is 11.7 Å². The van der Waals surface area contributed by atoms with Crippen LogP contribution in [0.15, 0.2) is 18.2 Å². The summed E-state index contributed by atoms with van der Waals surface area (Å²) in [6.07, 6.45) is 6.41. The summed E-state index contributed by atoms with van der Waals surface area (Å²) in [6, 6.07) is 5.84. The molecule has 0 heterocycles. The predicted molar refractivity (Wildman–Crippen MR) is 82.8 cm³/mol. The zero-order chi connectivity index (χ0) is 14.5. The number of nitrogens with one attached hydrogen (secondary N) is 1. The summed E-state index contributed by atoms with van der Waals surface area (Å²) >= 11 is 6.20. The molecule has 110 valence electrons. The Kier molecular flexibility index (Phi) is 5.44. The Bertz CT molecular complexity index is 476. The molecule has 1 aliphatic rings. The second kappa shape index (κ2) is 7.09. The number of primary amides is 1. The quantitative estimate of drug-likeness (QED) is 0.835. The molecule has 2 atom stereocenters. The number of amides is 1. The van der Waals surface area contributed by atoms with E-state index < -0.39 is 5.91 Å². The van der Waals surface area contributed by atoms with Gasteiger partial charge in [0.05, 0.1) is 0 Å². The fourth-order valence-electron chi connectivity index (χ4n) is 2.79. The fourth-order valence-corrected chi connectivity index (χ4v) is 3.04. The van der Waals surface area contributed by atoms with Crippen LogP contribution < -0.4 is 11.1 Å². The van der Waals surface area contributed by atoms with E-state index in [1.54, 1.807) is 12.1 Å². The average Bonchev–Trinajstić information content (AvgIpc) is 2.62. The minimum Gasteiger partial charge on any atom is -0.366 e. The lowest BCUT2D eigenvalue weighted by molar-refractivity contribution is 0.100. The van der Waals surface area contributed by atoms with Crippen molar-refractivity contribution in [2.75, 3.05) is 0 Å². The van der Waals surface area contributed by atoms with Crippen molar-refractivity contribution in [1.29, 1.82) is 0 Å². The molecule has 2 rings (SSSR count). The van der Waals surface area contributed by atoms with Gasteiger partial charge in [-0.25, -0.2) is 0 Å². The standard InChI is InChI=1S/C16H23ClN2O/c1-11-3-2-4-14(8-5-11)19-10-13-7-6-12(16(18)20)9-15(13)17/h6-7,9,11,14,19H,2-5,8,10H2,1H3,(H2,18,20). The molecule has 3 nitrogen and oxygen atoms in total. The summed E-state index contributed by atoms with van der Waals surface area (Å²) in [5, 5.41) is 4.19. The normalized spacial score (nSPS) is 23.3. The minimum absolute atomic E-state index is 0.441. The van der Waals surface area contributed by atoms with Crippen LogP contribution in [-0.4, -0.2) is 11.9 Å². The maximum absolute atomic E-state index is 11.1. The van der Waals surface area contributed by atoms with E-state index in [-0.39, 0.29) is 0 Å². The van der Waals surface area contributed by atoms with E-state index in [1.807, 2.05) is 6.07 Å². The van der Waals surface area contributed by atoms with Gasteiger partial charge < -0.3 is 11.1 Å². The van der Waals surface area contributed by atoms with Crippen molar-refractivity contribution in [3.63, 3.8) is 0 Å². The molecule has 2 unspecified atom stereocenters. The molecular weight excluding hydrogens is 272 g/mol. The molecule has 1 saturated carbocycles. The van der Waals surface area contributed by atoms with Crippen LogP contribution in [0.2, 0.25) is 5.02 Å². The molecule has 0 radical (unpaired) electrons. The Hall–Kier alpha value is -1.06. The van der Waals surface area contributed by atoms with Crippen LogP contribution in [0.4, 0.5) is 0 Å². The summed E-state index contributed by atoms with van der Waals surface area (Å²) in [6.45, 7) is 3.08. The number of halogens is 1. The van der Waals surface area contributed by atoms with E-state index in [1.165, 1.54) is 32.1 Å². The molecule has 1 amide bonds. The van der Waals surface area contributed by atoms with Crippen LogP contribution in [0, 0.1) is 5.92 Å². The lowest BCUT2D eigenvalue weighted by Crippen LogP contribution is -2.28. The van der Waals surface area contributed by atoms with Crippen LogP contribution in [0.25, 0.3) is 0 Å². The summed E-state index contributed by atoms with van der Waals surface area (Å²) in [4.78, 5) is 11.1. The van der Waals surface area contributed by atoms with Crippen molar-refractivity contribution in [1.82, 2.24) is 5.32 Å². The smallest absolute Gasteiger partial charge is 0.248 e. The number of rotatable bonds is 4. The van der Waals surface area contributed by atoms with E-state index in [2.05, 4.69) is 12.2 Å². The van der Waals surface area contributed by atoms with Crippen molar-refractivity contribution in [3.05, 3.63) is 34.3 Å². The van der Waals surface area contributed by atoms with Gasteiger partial charge in [-0.05, 0) is 42.9 Å². The van der Waals surface area contributed by atoms with Gasteiger partial charge in [0.1, 0.15) is 0 Å². The second-order valence-corrected chi connectivity index (χ2v) is 6.27. The highest BCUT2D eigenvalue weighted by Crippen LogP contribution is 2.23. The summed E-state index contributed by atoms with van der Waals surface area (Å²) < 4.78 is 0. The van der Waals surface area contributed by atoms with Crippen LogP contribution >= 0.6 is 11.6 Å².